The second-order valence-electron chi connectivity index (χ2n) is 6.93. The zero-order valence-electron chi connectivity index (χ0n) is 14.9. The minimum Gasteiger partial charge on any atom is -0.336 e. The van der Waals surface area contributed by atoms with E-state index >= 15 is 0 Å². The molecule has 0 N–H and O–H groups in total. The highest BCUT2D eigenvalue weighted by atomic mass is 19.4. The summed E-state index contributed by atoms with van der Waals surface area (Å²) >= 11 is 0. The van der Waals surface area contributed by atoms with Gasteiger partial charge in [-0.05, 0) is 34.7 Å². The molecule has 1 aliphatic heterocycles. The van der Waals surface area contributed by atoms with Gasteiger partial charge in [-0.3, -0.25) is 0 Å². The van der Waals surface area contributed by atoms with Crippen molar-refractivity contribution < 1.29 is 13.2 Å². The van der Waals surface area contributed by atoms with E-state index in [1.165, 1.54) is 12.1 Å². The summed E-state index contributed by atoms with van der Waals surface area (Å²) in [6.07, 6.45) is -4.39. The lowest BCUT2D eigenvalue weighted by atomic mass is 9.89. The van der Waals surface area contributed by atoms with E-state index in [0.717, 1.165) is 27.7 Å². The van der Waals surface area contributed by atoms with Crippen LogP contribution in [0.1, 0.15) is 11.1 Å². The lowest BCUT2D eigenvalue weighted by molar-refractivity contribution is -0.138. The van der Waals surface area contributed by atoms with E-state index in [1.807, 2.05) is 71.6 Å². The summed E-state index contributed by atoms with van der Waals surface area (Å²) in [5.74, 6) is 0. The van der Waals surface area contributed by atoms with Crippen LogP contribution < -0.4 is 4.90 Å². The Bertz CT molecular complexity index is 1190. The molecule has 0 saturated carbocycles. The number of anilines is 2. The van der Waals surface area contributed by atoms with Crippen molar-refractivity contribution in [3.8, 4) is 11.1 Å². The number of hydrogen-bond donors (Lipinski definition) is 0. The summed E-state index contributed by atoms with van der Waals surface area (Å²) in [7, 11) is 0. The number of para-hydroxylation sites is 1. The fourth-order valence-electron chi connectivity index (χ4n) is 4.11. The SMILES string of the molecule is FC(F)(F)c1cccc2c1CN(c1cccc3ccccc13)c1ccccc1-2. The summed E-state index contributed by atoms with van der Waals surface area (Å²) < 4.78 is 41.1. The third-order valence-corrected chi connectivity index (χ3v) is 5.34. The van der Waals surface area contributed by atoms with Gasteiger partial charge in [0.2, 0.25) is 0 Å². The van der Waals surface area contributed by atoms with Crippen LogP contribution in [0.25, 0.3) is 21.9 Å². The van der Waals surface area contributed by atoms with Crippen LogP contribution in [0.2, 0.25) is 0 Å². The van der Waals surface area contributed by atoms with Crippen LogP contribution in [-0.4, -0.2) is 0 Å². The maximum Gasteiger partial charge on any atom is 0.416 e. The summed E-state index contributed by atoms with van der Waals surface area (Å²) in [5.41, 5.74) is 3.06. The number of benzene rings is 4. The Morgan fingerprint density at radius 2 is 1.29 bits per heavy atom. The highest BCUT2D eigenvalue weighted by molar-refractivity contribution is 5.99. The predicted octanol–water partition coefficient (Wildman–Crippen LogP) is 7.18. The Hall–Kier alpha value is -3.27. The van der Waals surface area contributed by atoms with Gasteiger partial charge in [0, 0.05) is 28.9 Å². The van der Waals surface area contributed by atoms with Crippen LogP contribution in [-0.2, 0) is 12.7 Å². The van der Waals surface area contributed by atoms with E-state index in [-0.39, 0.29) is 6.54 Å². The first kappa shape index (κ1) is 16.9. The highest BCUT2D eigenvalue weighted by Crippen LogP contribution is 2.47. The van der Waals surface area contributed by atoms with Gasteiger partial charge in [0.15, 0.2) is 0 Å². The zero-order chi connectivity index (χ0) is 19.3. The van der Waals surface area contributed by atoms with Gasteiger partial charge in [-0.15, -0.1) is 0 Å². The van der Waals surface area contributed by atoms with Gasteiger partial charge in [0.05, 0.1) is 5.56 Å². The fourth-order valence-corrected chi connectivity index (χ4v) is 4.11. The van der Waals surface area contributed by atoms with Crippen molar-refractivity contribution in [1.29, 1.82) is 0 Å². The molecule has 5 rings (SSSR count). The molecule has 4 aromatic rings. The quantitative estimate of drug-likeness (QED) is 0.341. The van der Waals surface area contributed by atoms with Crippen molar-refractivity contribution in [3.05, 3.63) is 96.1 Å². The monoisotopic (exact) mass is 375 g/mol. The first-order valence-electron chi connectivity index (χ1n) is 9.08. The molecule has 0 spiro atoms. The van der Waals surface area contributed by atoms with Gasteiger partial charge in [-0.2, -0.15) is 13.2 Å². The summed E-state index contributed by atoms with van der Waals surface area (Å²) in [6, 6.07) is 26.0. The third kappa shape index (κ3) is 2.56. The zero-order valence-corrected chi connectivity index (χ0v) is 14.9. The van der Waals surface area contributed by atoms with E-state index in [0.29, 0.717) is 11.1 Å². The molecule has 0 aliphatic carbocycles. The molecular formula is C24H16F3N. The van der Waals surface area contributed by atoms with Crippen molar-refractivity contribution in [1.82, 2.24) is 0 Å². The first-order valence-corrected chi connectivity index (χ1v) is 9.08. The molecule has 0 unspecified atom stereocenters. The van der Waals surface area contributed by atoms with Crippen molar-refractivity contribution in [3.63, 3.8) is 0 Å². The van der Waals surface area contributed by atoms with Gasteiger partial charge in [0.25, 0.3) is 0 Å². The van der Waals surface area contributed by atoms with Crippen molar-refractivity contribution in [2.24, 2.45) is 0 Å². The Morgan fingerprint density at radius 1 is 0.643 bits per heavy atom. The number of hydrogen-bond acceptors (Lipinski definition) is 1. The predicted molar refractivity (Wildman–Crippen MR) is 107 cm³/mol. The van der Waals surface area contributed by atoms with Crippen LogP contribution >= 0.6 is 0 Å². The second-order valence-corrected chi connectivity index (χ2v) is 6.93. The topological polar surface area (TPSA) is 3.24 Å². The summed E-state index contributed by atoms with van der Waals surface area (Å²) in [5, 5.41) is 2.08. The van der Waals surface area contributed by atoms with Gasteiger partial charge in [-0.1, -0.05) is 66.7 Å². The Labute approximate surface area is 160 Å². The fraction of sp³-hybridized carbons (Fsp3) is 0.0833. The highest BCUT2D eigenvalue weighted by Gasteiger charge is 2.37. The summed E-state index contributed by atoms with van der Waals surface area (Å²) in [6.45, 7) is 0.177. The molecule has 28 heavy (non-hydrogen) atoms. The number of nitrogens with zero attached hydrogens (tertiary/aromatic N) is 1. The molecule has 1 aliphatic rings. The van der Waals surface area contributed by atoms with Crippen molar-refractivity contribution in [2.75, 3.05) is 4.90 Å². The maximum absolute atomic E-state index is 13.7. The Kier molecular flexibility index (Phi) is 3.69. The molecule has 4 heteroatoms. The third-order valence-electron chi connectivity index (χ3n) is 5.34. The number of fused-ring (bicyclic) bond motifs is 4. The molecule has 0 radical (unpaired) electrons. The molecule has 0 amide bonds. The minimum atomic E-state index is -4.39. The molecule has 0 fully saturated rings. The smallest absolute Gasteiger partial charge is 0.336 e. The van der Waals surface area contributed by atoms with Gasteiger partial charge < -0.3 is 4.90 Å². The first-order chi connectivity index (χ1) is 13.5. The van der Waals surface area contributed by atoms with Gasteiger partial charge in [-0.25, -0.2) is 0 Å². The van der Waals surface area contributed by atoms with Crippen LogP contribution in [0.15, 0.2) is 84.9 Å². The van der Waals surface area contributed by atoms with E-state index in [4.69, 9.17) is 0 Å². The summed E-state index contributed by atoms with van der Waals surface area (Å²) in [4.78, 5) is 2.00. The normalized spacial score (nSPS) is 13.3. The van der Waals surface area contributed by atoms with E-state index in [9.17, 15) is 13.2 Å². The van der Waals surface area contributed by atoms with E-state index < -0.39 is 11.7 Å². The van der Waals surface area contributed by atoms with Crippen molar-refractivity contribution >= 4 is 22.1 Å². The molecular weight excluding hydrogens is 359 g/mol. The molecule has 0 bridgehead atoms. The second kappa shape index (κ2) is 6.13. The molecule has 0 aromatic heterocycles. The van der Waals surface area contributed by atoms with Crippen LogP contribution in [0.4, 0.5) is 24.5 Å². The molecule has 0 atom stereocenters. The molecule has 138 valence electrons. The number of alkyl halides is 3. The van der Waals surface area contributed by atoms with Crippen LogP contribution in [0.3, 0.4) is 0 Å². The Balaban J connectivity index is 1.79. The lowest BCUT2D eigenvalue weighted by Gasteiger charge is -2.35. The standard InChI is InChI=1S/C24H16F3N/c25-24(26,27)21-12-6-11-18-19-10-3-4-13-23(19)28(15-20(18)21)22-14-5-8-16-7-1-2-9-17(16)22/h1-14H,15H2. The lowest BCUT2D eigenvalue weighted by Crippen LogP contribution is -2.24. The van der Waals surface area contributed by atoms with E-state index in [2.05, 4.69) is 0 Å². The number of halogens is 3. The van der Waals surface area contributed by atoms with Crippen LogP contribution in [0.5, 0.6) is 0 Å². The average Bonchev–Trinajstić information content (AvgIpc) is 2.71. The molecule has 1 nitrogen and oxygen atoms in total. The van der Waals surface area contributed by atoms with Crippen molar-refractivity contribution in [2.45, 2.75) is 12.7 Å². The minimum absolute atomic E-state index is 0.177. The molecule has 0 saturated heterocycles. The maximum atomic E-state index is 13.7. The van der Waals surface area contributed by atoms with Gasteiger partial charge >= 0.3 is 6.18 Å². The Morgan fingerprint density at radius 3 is 2.14 bits per heavy atom. The van der Waals surface area contributed by atoms with Crippen LogP contribution in [0, 0.1) is 0 Å². The van der Waals surface area contributed by atoms with Gasteiger partial charge in [0.1, 0.15) is 0 Å². The molecule has 4 aromatic carbocycles. The average molecular weight is 375 g/mol. The molecule has 1 heterocycles. The van der Waals surface area contributed by atoms with E-state index in [1.54, 1.807) is 6.07 Å². The number of rotatable bonds is 1. The largest absolute Gasteiger partial charge is 0.416 e.